The van der Waals surface area contributed by atoms with Crippen molar-refractivity contribution in [3.8, 4) is 16.9 Å². The number of hydrogen-bond donors (Lipinski definition) is 0. The standard InChI is InChI=1S/C48H59N7O5SSi/c1-33-38(29-49-55(33)30-35-15-10-12-19-41(35)59-26-25-52(5)6)36-21-22-43(51-44(36)46(57)60-48(2,3)4)53-24-23-34-16-14-17-37(39(34)31-53)45(56)54(32-58-27-28-62(7,8)9)47-50-40-18-11-13-20-42(40)61-47/h10-22,29H,23-28,30-32H2,1-9H3. The third-order valence-electron chi connectivity index (χ3n) is 10.8. The average molecular weight is 874 g/mol. The monoisotopic (exact) mass is 873 g/mol. The van der Waals surface area contributed by atoms with E-state index in [2.05, 4.69) is 35.5 Å². The van der Waals surface area contributed by atoms with Gasteiger partial charge in [-0.15, -0.1) is 0 Å². The van der Waals surface area contributed by atoms with Gasteiger partial charge in [0.05, 0.1) is 23.0 Å². The quantitative estimate of drug-likeness (QED) is 0.0404. The molecule has 12 nitrogen and oxygen atoms in total. The van der Waals surface area contributed by atoms with E-state index in [0.717, 1.165) is 56.5 Å². The van der Waals surface area contributed by atoms with Crippen LogP contribution >= 0.6 is 11.3 Å². The molecule has 7 rings (SSSR count). The molecule has 326 valence electrons. The maximum Gasteiger partial charge on any atom is 0.358 e. The molecule has 14 heteroatoms. The van der Waals surface area contributed by atoms with Crippen LogP contribution in [0.5, 0.6) is 5.75 Å². The van der Waals surface area contributed by atoms with Gasteiger partial charge in [-0.2, -0.15) is 5.10 Å². The van der Waals surface area contributed by atoms with Crippen molar-refractivity contribution in [1.29, 1.82) is 0 Å². The molecule has 3 aromatic carbocycles. The number of carbonyl (C=O) groups excluding carboxylic acids is 2. The predicted molar refractivity (Wildman–Crippen MR) is 252 cm³/mol. The van der Waals surface area contributed by atoms with Gasteiger partial charge in [-0.25, -0.2) is 14.8 Å². The van der Waals surface area contributed by atoms with Crippen molar-refractivity contribution in [3.05, 3.63) is 119 Å². The third kappa shape index (κ3) is 10.8. The Hall–Kier alpha value is -5.41. The van der Waals surface area contributed by atoms with Crippen molar-refractivity contribution in [3.63, 3.8) is 0 Å². The summed E-state index contributed by atoms with van der Waals surface area (Å²) in [6.07, 6.45) is 2.48. The molecule has 0 spiro atoms. The zero-order valence-electron chi connectivity index (χ0n) is 37.5. The Kier molecular flexibility index (Phi) is 13.6. The van der Waals surface area contributed by atoms with Gasteiger partial charge >= 0.3 is 5.97 Å². The Morgan fingerprint density at radius 2 is 1.68 bits per heavy atom. The number of amides is 1. The minimum Gasteiger partial charge on any atom is -0.492 e. The van der Waals surface area contributed by atoms with E-state index in [1.54, 1.807) is 11.1 Å². The van der Waals surface area contributed by atoms with Crippen LogP contribution in [0.15, 0.2) is 85.1 Å². The van der Waals surface area contributed by atoms with Crippen LogP contribution in [-0.2, 0) is 29.0 Å². The number of carbonyl (C=O) groups is 2. The first-order valence-electron chi connectivity index (χ1n) is 21.3. The largest absolute Gasteiger partial charge is 0.492 e. The van der Waals surface area contributed by atoms with Crippen LogP contribution in [0.25, 0.3) is 21.3 Å². The van der Waals surface area contributed by atoms with E-state index in [-0.39, 0.29) is 18.3 Å². The predicted octanol–water partition coefficient (Wildman–Crippen LogP) is 9.33. The van der Waals surface area contributed by atoms with E-state index in [1.165, 1.54) is 11.3 Å². The summed E-state index contributed by atoms with van der Waals surface area (Å²) in [7, 11) is 2.70. The van der Waals surface area contributed by atoms with Crippen molar-refractivity contribution < 1.29 is 23.8 Å². The zero-order valence-corrected chi connectivity index (χ0v) is 39.3. The number of nitrogens with zero attached hydrogens (tertiary/aromatic N) is 7. The number of likely N-dealkylation sites (N-methyl/N-ethyl adjacent to an activating group) is 1. The van der Waals surface area contributed by atoms with Gasteiger partial charge in [0.25, 0.3) is 5.91 Å². The van der Waals surface area contributed by atoms with E-state index in [9.17, 15) is 9.59 Å². The van der Waals surface area contributed by atoms with Crippen LogP contribution in [0.4, 0.5) is 10.9 Å². The van der Waals surface area contributed by atoms with Gasteiger partial charge in [0, 0.05) is 62.3 Å². The smallest absolute Gasteiger partial charge is 0.358 e. The number of thiazole rings is 1. The first-order valence-corrected chi connectivity index (χ1v) is 25.8. The number of rotatable bonds is 16. The normalized spacial score (nSPS) is 13.1. The molecule has 0 fully saturated rings. The number of benzene rings is 3. The van der Waals surface area contributed by atoms with Gasteiger partial charge in [-0.05, 0) is 102 Å². The van der Waals surface area contributed by atoms with Crippen LogP contribution < -0.4 is 14.5 Å². The summed E-state index contributed by atoms with van der Waals surface area (Å²) in [6, 6.07) is 26.7. The van der Waals surface area contributed by atoms with Gasteiger partial charge in [0.2, 0.25) is 0 Å². The molecular weight excluding hydrogens is 815 g/mol. The van der Waals surface area contributed by atoms with E-state index in [4.69, 9.17) is 29.3 Å². The SMILES string of the molecule is Cc1c(-c2ccc(N3CCc4cccc(C(=O)N(COCC[Si](C)(C)C)c5nc6ccccc6s5)c4C3)nc2C(=O)OC(C)(C)C)cnn1Cc1ccccc1OCCN(C)C. The second kappa shape index (κ2) is 18.9. The lowest BCUT2D eigenvalue weighted by Gasteiger charge is -2.32. The number of ether oxygens (including phenoxy) is 3. The van der Waals surface area contributed by atoms with Gasteiger partial charge in [0.15, 0.2) is 10.8 Å². The molecule has 0 saturated heterocycles. The fourth-order valence-corrected chi connectivity index (χ4v) is 9.01. The van der Waals surface area contributed by atoms with Gasteiger partial charge in [-0.3, -0.25) is 14.4 Å². The highest BCUT2D eigenvalue weighted by Gasteiger charge is 2.30. The van der Waals surface area contributed by atoms with Crippen LogP contribution in [0, 0.1) is 6.92 Å². The van der Waals surface area contributed by atoms with Crippen molar-refractivity contribution in [1.82, 2.24) is 24.6 Å². The highest BCUT2D eigenvalue weighted by atomic mass is 32.1. The zero-order chi connectivity index (χ0) is 44.2. The second-order valence-corrected chi connectivity index (χ2v) is 24.9. The summed E-state index contributed by atoms with van der Waals surface area (Å²) >= 11 is 1.49. The topological polar surface area (TPSA) is 115 Å². The molecular formula is C48H59N7O5SSi. The Morgan fingerprint density at radius 1 is 0.903 bits per heavy atom. The average Bonchev–Trinajstić information content (AvgIpc) is 3.82. The molecule has 3 aromatic heterocycles. The van der Waals surface area contributed by atoms with Crippen molar-refractivity contribution in [2.75, 3.05) is 56.9 Å². The van der Waals surface area contributed by atoms with Crippen LogP contribution in [0.1, 0.15) is 64.0 Å². The van der Waals surface area contributed by atoms with Gasteiger partial charge < -0.3 is 24.0 Å². The summed E-state index contributed by atoms with van der Waals surface area (Å²) < 4.78 is 21.3. The fourth-order valence-electron chi connectivity index (χ4n) is 7.30. The maximum absolute atomic E-state index is 14.8. The Bertz CT molecular complexity index is 2510. The number of hydrogen-bond acceptors (Lipinski definition) is 11. The maximum atomic E-state index is 14.8. The van der Waals surface area contributed by atoms with Crippen molar-refractivity contribution in [2.24, 2.45) is 0 Å². The molecule has 0 unspecified atom stereocenters. The summed E-state index contributed by atoms with van der Waals surface area (Å²) in [5.74, 6) is 0.752. The van der Waals surface area contributed by atoms with Crippen LogP contribution in [0.3, 0.4) is 0 Å². The molecule has 0 aliphatic carbocycles. The lowest BCUT2D eigenvalue weighted by atomic mass is 9.94. The molecule has 0 atom stereocenters. The molecule has 1 amide bonds. The molecule has 4 heterocycles. The first kappa shape index (κ1) is 44.6. The van der Waals surface area contributed by atoms with Crippen molar-refractivity contribution >= 4 is 52.5 Å². The number of para-hydroxylation sites is 2. The van der Waals surface area contributed by atoms with E-state index < -0.39 is 19.6 Å². The Labute approximate surface area is 370 Å². The lowest BCUT2D eigenvalue weighted by molar-refractivity contribution is 0.00637. The number of pyridine rings is 1. The molecule has 0 N–H and O–H groups in total. The molecule has 0 radical (unpaired) electrons. The lowest BCUT2D eigenvalue weighted by Crippen LogP contribution is -2.37. The Balaban J connectivity index is 1.18. The summed E-state index contributed by atoms with van der Waals surface area (Å²) in [4.78, 5) is 44.6. The van der Waals surface area contributed by atoms with Gasteiger partial charge in [0.1, 0.15) is 30.5 Å². The minimum absolute atomic E-state index is 0.103. The van der Waals surface area contributed by atoms with Gasteiger partial charge in [-0.1, -0.05) is 73.4 Å². The van der Waals surface area contributed by atoms with E-state index in [1.807, 2.05) is 119 Å². The molecule has 0 bridgehead atoms. The molecule has 0 saturated carbocycles. The molecule has 6 aromatic rings. The molecule has 1 aliphatic rings. The van der Waals surface area contributed by atoms with Crippen LogP contribution in [-0.4, -0.2) is 97.3 Å². The second-order valence-electron chi connectivity index (χ2n) is 18.3. The summed E-state index contributed by atoms with van der Waals surface area (Å²) in [5, 5.41) is 5.38. The van der Waals surface area contributed by atoms with E-state index >= 15 is 0 Å². The minimum atomic E-state index is -1.35. The molecule has 1 aliphatic heterocycles. The van der Waals surface area contributed by atoms with Crippen LogP contribution in [0.2, 0.25) is 25.7 Å². The number of esters is 1. The number of fused-ring (bicyclic) bond motifs is 2. The molecule has 62 heavy (non-hydrogen) atoms. The summed E-state index contributed by atoms with van der Waals surface area (Å²) in [5.41, 5.74) is 6.24. The van der Waals surface area contributed by atoms with Crippen molar-refractivity contribution in [2.45, 2.75) is 78.5 Å². The highest BCUT2D eigenvalue weighted by Crippen LogP contribution is 2.35. The fraction of sp³-hybridized carbons (Fsp3) is 0.396. The van der Waals surface area contributed by atoms with E-state index in [0.29, 0.717) is 61.3 Å². The summed E-state index contributed by atoms with van der Waals surface area (Å²) in [6.45, 7) is 18.1. The highest BCUT2D eigenvalue weighted by molar-refractivity contribution is 7.22. The first-order chi connectivity index (χ1) is 29.5. The number of anilines is 2. The number of aromatic nitrogens is 4. The third-order valence-corrected chi connectivity index (χ3v) is 13.5. The Morgan fingerprint density at radius 3 is 2.44 bits per heavy atom.